The van der Waals surface area contributed by atoms with E-state index >= 15 is 0 Å². The molecule has 62 valence electrons. The fourth-order valence-electron chi connectivity index (χ4n) is 0.862. The molecule has 3 N–H and O–H groups in total. The number of halogens is 1. The van der Waals surface area contributed by atoms with E-state index in [9.17, 15) is 4.79 Å². The van der Waals surface area contributed by atoms with E-state index in [-0.39, 0.29) is 10.8 Å². The Hall–Kier alpha value is -1.14. The van der Waals surface area contributed by atoms with Gasteiger partial charge in [0.25, 0.3) is 0 Å². The molecular weight excluding hydrogens is 200 g/mol. The van der Waals surface area contributed by atoms with Gasteiger partial charge >= 0.3 is 5.69 Å². The summed E-state index contributed by atoms with van der Waals surface area (Å²) in [5.41, 5.74) is 0.485. The average molecular weight is 203 g/mol. The third-order valence-corrected chi connectivity index (χ3v) is 2.02. The maximum atomic E-state index is 10.8. The monoisotopic (exact) mass is 202 g/mol. The number of fused-ring (bicyclic) bond motifs is 1. The van der Waals surface area contributed by atoms with Gasteiger partial charge in [-0.1, -0.05) is 23.8 Å². The van der Waals surface area contributed by atoms with Crippen LogP contribution in [0.2, 0.25) is 5.15 Å². The number of hydrogen-bond donors (Lipinski definition) is 3. The second-order valence-corrected chi connectivity index (χ2v) is 2.93. The van der Waals surface area contributed by atoms with Crippen LogP contribution in [0, 0.1) is 4.64 Å². The lowest BCUT2D eigenvalue weighted by Gasteiger charge is -1.89. The standard InChI is InChI=1S/C5H3ClN4OS/c6-1-4(12)8-3-2(7-1)9-5(11)10-3/h(H3,7,8,9,10,11,12). The van der Waals surface area contributed by atoms with Crippen LogP contribution in [-0.2, 0) is 0 Å². The van der Waals surface area contributed by atoms with Crippen molar-refractivity contribution in [3.8, 4) is 0 Å². The van der Waals surface area contributed by atoms with Crippen molar-refractivity contribution in [2.45, 2.75) is 0 Å². The topological polar surface area (TPSA) is 77.3 Å². The first-order chi connectivity index (χ1) is 5.66. The van der Waals surface area contributed by atoms with Crippen LogP contribution < -0.4 is 5.69 Å². The maximum Gasteiger partial charge on any atom is 0.326 e. The van der Waals surface area contributed by atoms with E-state index in [4.69, 9.17) is 23.8 Å². The Labute approximate surface area is 75.8 Å². The highest BCUT2D eigenvalue weighted by atomic mass is 35.5. The first kappa shape index (κ1) is 7.51. The predicted octanol–water partition coefficient (Wildman–Crippen LogP) is 0.962. The zero-order valence-electron chi connectivity index (χ0n) is 5.64. The second kappa shape index (κ2) is 2.43. The molecule has 0 unspecified atom stereocenters. The van der Waals surface area contributed by atoms with Crippen molar-refractivity contribution in [3.05, 3.63) is 20.3 Å². The highest BCUT2D eigenvalue weighted by Gasteiger charge is 2.01. The quantitative estimate of drug-likeness (QED) is 0.557. The van der Waals surface area contributed by atoms with Gasteiger partial charge in [0.1, 0.15) is 4.64 Å². The van der Waals surface area contributed by atoms with Gasteiger partial charge in [-0.05, 0) is 0 Å². The zero-order chi connectivity index (χ0) is 8.72. The number of rotatable bonds is 0. The first-order valence-corrected chi connectivity index (χ1v) is 3.83. The van der Waals surface area contributed by atoms with Crippen LogP contribution in [0.5, 0.6) is 0 Å². The van der Waals surface area contributed by atoms with Gasteiger partial charge in [-0.2, -0.15) is 0 Å². The minimum absolute atomic E-state index is 0.174. The zero-order valence-corrected chi connectivity index (χ0v) is 7.21. The van der Waals surface area contributed by atoms with Crippen molar-refractivity contribution < 1.29 is 0 Å². The third-order valence-electron chi connectivity index (χ3n) is 1.34. The third kappa shape index (κ3) is 1.05. The number of imidazole rings is 1. The Morgan fingerprint density at radius 3 is 2.83 bits per heavy atom. The minimum atomic E-state index is -0.342. The smallest absolute Gasteiger partial charge is 0.326 e. The Balaban J connectivity index is 3.01. The molecule has 2 aromatic rings. The van der Waals surface area contributed by atoms with Crippen LogP contribution in [0.4, 0.5) is 0 Å². The molecule has 2 aromatic heterocycles. The van der Waals surface area contributed by atoms with Gasteiger partial charge in [0.05, 0.1) is 0 Å². The molecule has 0 aliphatic heterocycles. The summed E-state index contributed by atoms with van der Waals surface area (Å²) >= 11 is 10.4. The molecule has 12 heavy (non-hydrogen) atoms. The van der Waals surface area contributed by atoms with Crippen LogP contribution in [0.3, 0.4) is 0 Å². The number of hydrogen-bond acceptors (Lipinski definition) is 3. The van der Waals surface area contributed by atoms with Crippen LogP contribution in [0.25, 0.3) is 11.3 Å². The summed E-state index contributed by atoms with van der Waals surface area (Å²) in [4.78, 5) is 22.2. The van der Waals surface area contributed by atoms with Gasteiger partial charge in [0, 0.05) is 0 Å². The second-order valence-electron chi connectivity index (χ2n) is 2.16. The predicted molar refractivity (Wildman–Crippen MR) is 46.9 cm³/mol. The Bertz CT molecular complexity index is 538. The van der Waals surface area contributed by atoms with Gasteiger partial charge in [-0.25, -0.2) is 9.78 Å². The summed E-state index contributed by atoms with van der Waals surface area (Å²) in [5.74, 6) is 0. The molecule has 0 amide bonds. The van der Waals surface area contributed by atoms with E-state index in [0.717, 1.165) is 0 Å². The molecule has 0 aromatic carbocycles. The van der Waals surface area contributed by atoms with E-state index in [2.05, 4.69) is 19.9 Å². The highest BCUT2D eigenvalue weighted by molar-refractivity contribution is 7.71. The lowest BCUT2D eigenvalue weighted by molar-refractivity contribution is 1.20. The van der Waals surface area contributed by atoms with Crippen molar-refractivity contribution in [2.24, 2.45) is 0 Å². The molecule has 0 spiro atoms. The normalized spacial score (nSPS) is 10.8. The fraction of sp³-hybridized carbons (Fsp3) is 0. The van der Waals surface area contributed by atoms with Gasteiger partial charge in [-0.15, -0.1) is 0 Å². The maximum absolute atomic E-state index is 10.8. The lowest BCUT2D eigenvalue weighted by Crippen LogP contribution is -1.99. The molecule has 0 fully saturated rings. The molecule has 2 heterocycles. The molecule has 2 rings (SSSR count). The molecule has 0 aliphatic rings. The first-order valence-electron chi connectivity index (χ1n) is 3.04. The van der Waals surface area contributed by atoms with Gasteiger partial charge in [0.2, 0.25) is 0 Å². The Kier molecular flexibility index (Phi) is 1.52. The summed E-state index contributed by atoms with van der Waals surface area (Å²) in [6.07, 6.45) is 0. The lowest BCUT2D eigenvalue weighted by atomic mass is 10.7. The molecule has 5 nitrogen and oxygen atoms in total. The Morgan fingerprint density at radius 2 is 2.08 bits per heavy atom. The van der Waals surface area contributed by atoms with Crippen LogP contribution in [0.1, 0.15) is 0 Å². The van der Waals surface area contributed by atoms with Crippen LogP contribution in [-0.4, -0.2) is 19.9 Å². The van der Waals surface area contributed by atoms with Crippen molar-refractivity contribution in [1.82, 2.24) is 19.9 Å². The van der Waals surface area contributed by atoms with E-state index < -0.39 is 0 Å². The molecule has 0 bridgehead atoms. The van der Waals surface area contributed by atoms with Crippen molar-refractivity contribution in [1.29, 1.82) is 0 Å². The van der Waals surface area contributed by atoms with Crippen molar-refractivity contribution in [2.75, 3.05) is 0 Å². The number of nitrogens with one attached hydrogen (secondary N) is 3. The highest BCUT2D eigenvalue weighted by Crippen LogP contribution is 2.08. The van der Waals surface area contributed by atoms with Crippen molar-refractivity contribution >= 4 is 35.1 Å². The van der Waals surface area contributed by atoms with Crippen LogP contribution >= 0.6 is 23.8 Å². The van der Waals surface area contributed by atoms with E-state index in [1.54, 1.807) is 0 Å². The number of aromatic amines is 3. The molecule has 0 saturated carbocycles. The molecule has 0 atom stereocenters. The average Bonchev–Trinajstić information content (AvgIpc) is 2.30. The molecule has 7 heteroatoms. The molecule has 0 radical (unpaired) electrons. The summed E-state index contributed by atoms with van der Waals surface area (Å²) in [6.45, 7) is 0. The molecule has 0 aliphatic carbocycles. The Morgan fingerprint density at radius 1 is 1.33 bits per heavy atom. The van der Waals surface area contributed by atoms with E-state index in [1.807, 2.05) is 0 Å². The van der Waals surface area contributed by atoms with Crippen LogP contribution in [0.15, 0.2) is 4.79 Å². The van der Waals surface area contributed by atoms with E-state index in [0.29, 0.717) is 15.9 Å². The largest absolute Gasteiger partial charge is 0.327 e. The fourth-order valence-corrected chi connectivity index (χ4v) is 1.14. The van der Waals surface area contributed by atoms with Gasteiger partial charge in [0.15, 0.2) is 16.4 Å². The number of H-pyrrole nitrogens is 3. The summed E-state index contributed by atoms with van der Waals surface area (Å²) in [6, 6.07) is 0. The summed E-state index contributed by atoms with van der Waals surface area (Å²) < 4.78 is 0.305. The SMILES string of the molecule is O=c1[nH]c2nc(Cl)c(=S)[nH]c2[nH]1. The molecular formula is C5H3ClN4OS. The van der Waals surface area contributed by atoms with Crippen molar-refractivity contribution in [3.63, 3.8) is 0 Å². The number of nitrogens with zero attached hydrogens (tertiary/aromatic N) is 1. The molecule has 0 saturated heterocycles. The van der Waals surface area contributed by atoms with Gasteiger partial charge in [-0.3, -0.25) is 9.97 Å². The summed E-state index contributed by atoms with van der Waals surface area (Å²) in [7, 11) is 0. The van der Waals surface area contributed by atoms with E-state index in [1.165, 1.54) is 0 Å². The van der Waals surface area contributed by atoms with Gasteiger partial charge < -0.3 is 4.98 Å². The number of aromatic nitrogens is 4. The summed E-state index contributed by atoms with van der Waals surface area (Å²) in [5, 5.41) is 0.174. The minimum Gasteiger partial charge on any atom is -0.327 e.